The van der Waals surface area contributed by atoms with Gasteiger partial charge in [-0.05, 0) is 87.3 Å². The lowest BCUT2D eigenvalue weighted by molar-refractivity contribution is 0.101. The van der Waals surface area contributed by atoms with E-state index in [9.17, 15) is 10.1 Å². The van der Waals surface area contributed by atoms with Crippen LogP contribution in [-0.4, -0.2) is 48.3 Å². The summed E-state index contributed by atoms with van der Waals surface area (Å²) in [5, 5.41) is 16.5. The van der Waals surface area contributed by atoms with E-state index in [4.69, 9.17) is 4.74 Å². The molecule has 32 heavy (non-hydrogen) atoms. The number of amides is 1. The second-order valence-electron chi connectivity index (χ2n) is 8.50. The summed E-state index contributed by atoms with van der Waals surface area (Å²) in [5.74, 6) is 0.378. The lowest BCUT2D eigenvalue weighted by Crippen LogP contribution is -2.19. The lowest BCUT2D eigenvalue weighted by Gasteiger charge is -2.19. The van der Waals surface area contributed by atoms with E-state index in [0.29, 0.717) is 22.8 Å². The molecule has 1 fully saturated rings. The fraction of sp³-hybridized carbons (Fsp3) is 0.320. The van der Waals surface area contributed by atoms with Crippen molar-refractivity contribution in [2.24, 2.45) is 0 Å². The molecule has 164 valence electrons. The minimum atomic E-state index is -0.323. The highest BCUT2D eigenvalue weighted by Gasteiger charge is 2.43. The SMILES string of the molecule is COc1ccc(-n2nc(C#N)cc2C(=O)Nc2ccc(C3(CCN(C)C)CC3)cc2)cc1. The van der Waals surface area contributed by atoms with Crippen molar-refractivity contribution in [1.29, 1.82) is 5.26 Å². The van der Waals surface area contributed by atoms with Crippen LogP contribution in [0.1, 0.15) is 41.0 Å². The Balaban J connectivity index is 1.52. The van der Waals surface area contributed by atoms with Crippen LogP contribution in [0.3, 0.4) is 0 Å². The molecule has 1 heterocycles. The summed E-state index contributed by atoms with van der Waals surface area (Å²) in [7, 11) is 5.79. The molecule has 1 amide bonds. The zero-order valence-corrected chi connectivity index (χ0v) is 18.6. The Kier molecular flexibility index (Phi) is 5.97. The summed E-state index contributed by atoms with van der Waals surface area (Å²) in [5.41, 5.74) is 3.46. The molecule has 7 heteroatoms. The molecule has 1 saturated carbocycles. The van der Waals surface area contributed by atoms with E-state index < -0.39 is 0 Å². The molecule has 7 nitrogen and oxygen atoms in total. The summed E-state index contributed by atoms with van der Waals surface area (Å²) in [4.78, 5) is 15.2. The van der Waals surface area contributed by atoms with E-state index in [2.05, 4.69) is 41.5 Å². The first-order chi connectivity index (χ1) is 15.4. The molecule has 1 aromatic heterocycles. The second-order valence-corrected chi connectivity index (χ2v) is 8.50. The first kappa shape index (κ1) is 21.6. The van der Waals surface area contributed by atoms with Crippen molar-refractivity contribution in [2.75, 3.05) is 33.1 Å². The number of carbonyl (C=O) groups excluding carboxylic acids is 1. The Hall–Kier alpha value is -3.63. The smallest absolute Gasteiger partial charge is 0.274 e. The van der Waals surface area contributed by atoms with Crippen molar-refractivity contribution in [2.45, 2.75) is 24.7 Å². The van der Waals surface area contributed by atoms with Crippen molar-refractivity contribution in [1.82, 2.24) is 14.7 Å². The number of hydrogen-bond donors (Lipinski definition) is 1. The molecular weight excluding hydrogens is 402 g/mol. The number of carbonyl (C=O) groups is 1. The molecule has 0 saturated heterocycles. The largest absolute Gasteiger partial charge is 0.497 e. The van der Waals surface area contributed by atoms with Gasteiger partial charge in [0.1, 0.15) is 17.5 Å². The number of nitriles is 1. The molecule has 0 radical (unpaired) electrons. The van der Waals surface area contributed by atoms with Crippen molar-refractivity contribution >= 4 is 11.6 Å². The minimum absolute atomic E-state index is 0.179. The molecule has 1 aliphatic carbocycles. The third kappa shape index (κ3) is 4.51. The van der Waals surface area contributed by atoms with Gasteiger partial charge in [0, 0.05) is 11.8 Å². The molecule has 0 bridgehead atoms. The molecule has 1 N–H and O–H groups in total. The van der Waals surface area contributed by atoms with E-state index >= 15 is 0 Å². The molecule has 2 aromatic carbocycles. The lowest BCUT2D eigenvalue weighted by atomic mass is 9.92. The third-order valence-electron chi connectivity index (χ3n) is 6.02. The van der Waals surface area contributed by atoms with Crippen molar-refractivity contribution in [3.05, 3.63) is 71.5 Å². The van der Waals surface area contributed by atoms with Crippen LogP contribution in [0.15, 0.2) is 54.6 Å². The topological polar surface area (TPSA) is 83.2 Å². The van der Waals surface area contributed by atoms with Crippen LogP contribution in [0.25, 0.3) is 5.69 Å². The van der Waals surface area contributed by atoms with Crippen LogP contribution in [0, 0.1) is 11.3 Å². The average Bonchev–Trinajstić information content (AvgIpc) is 3.48. The van der Waals surface area contributed by atoms with Crippen LogP contribution in [0.2, 0.25) is 0 Å². The van der Waals surface area contributed by atoms with Gasteiger partial charge in [0.2, 0.25) is 0 Å². The van der Waals surface area contributed by atoms with Gasteiger partial charge in [-0.2, -0.15) is 10.4 Å². The summed E-state index contributed by atoms with van der Waals surface area (Å²) in [6, 6.07) is 18.8. The van der Waals surface area contributed by atoms with Crippen LogP contribution in [-0.2, 0) is 5.41 Å². The third-order valence-corrected chi connectivity index (χ3v) is 6.02. The van der Waals surface area contributed by atoms with Gasteiger partial charge >= 0.3 is 0 Å². The molecule has 0 atom stereocenters. The predicted molar refractivity (Wildman–Crippen MR) is 123 cm³/mol. The molecule has 1 aliphatic rings. The molecule has 0 unspecified atom stereocenters. The highest BCUT2D eigenvalue weighted by atomic mass is 16.5. The van der Waals surface area contributed by atoms with E-state index in [1.54, 1.807) is 31.4 Å². The Labute approximate surface area is 188 Å². The van der Waals surface area contributed by atoms with E-state index in [1.165, 1.54) is 29.2 Å². The van der Waals surface area contributed by atoms with Crippen LogP contribution in [0.4, 0.5) is 5.69 Å². The normalized spacial score (nSPS) is 14.1. The second kappa shape index (κ2) is 8.85. The standard InChI is InChI=1S/C25H27N5O2/c1-29(2)15-14-25(12-13-25)18-4-6-19(7-5-18)27-24(31)23-16-20(17-26)28-30(23)21-8-10-22(32-3)11-9-21/h4-11,16H,12-15H2,1-3H3,(H,27,31). The molecule has 0 aliphatic heterocycles. The maximum absolute atomic E-state index is 13.0. The van der Waals surface area contributed by atoms with Crippen molar-refractivity contribution in [3.8, 4) is 17.5 Å². The first-order valence-electron chi connectivity index (χ1n) is 10.7. The van der Waals surface area contributed by atoms with Crippen LogP contribution in [0.5, 0.6) is 5.75 Å². The molecule has 0 spiro atoms. The first-order valence-corrected chi connectivity index (χ1v) is 10.7. The minimum Gasteiger partial charge on any atom is -0.497 e. The van der Waals surface area contributed by atoms with Crippen molar-refractivity contribution < 1.29 is 9.53 Å². The Morgan fingerprint density at radius 1 is 1.19 bits per heavy atom. The summed E-state index contributed by atoms with van der Waals surface area (Å²) >= 11 is 0. The number of benzene rings is 2. The molecular formula is C25H27N5O2. The fourth-order valence-electron chi connectivity index (χ4n) is 3.89. The Bertz CT molecular complexity index is 1140. The number of nitrogens with zero attached hydrogens (tertiary/aromatic N) is 4. The monoisotopic (exact) mass is 429 g/mol. The van der Waals surface area contributed by atoms with Crippen molar-refractivity contribution in [3.63, 3.8) is 0 Å². The quantitative estimate of drug-likeness (QED) is 0.585. The zero-order valence-electron chi connectivity index (χ0n) is 18.6. The van der Waals surface area contributed by atoms with Gasteiger partial charge in [-0.1, -0.05) is 12.1 Å². The van der Waals surface area contributed by atoms with E-state index in [-0.39, 0.29) is 17.0 Å². The molecule has 4 rings (SSSR count). The summed E-state index contributed by atoms with van der Waals surface area (Å²) in [6.45, 7) is 1.06. The maximum atomic E-state index is 13.0. The van der Waals surface area contributed by atoms with Gasteiger partial charge in [0.15, 0.2) is 5.69 Å². The number of aromatic nitrogens is 2. The number of nitrogens with one attached hydrogen (secondary N) is 1. The number of methoxy groups -OCH3 is 1. The Morgan fingerprint density at radius 3 is 2.44 bits per heavy atom. The number of ether oxygens (including phenoxy) is 1. The highest BCUT2D eigenvalue weighted by Crippen LogP contribution is 2.51. The van der Waals surface area contributed by atoms with Crippen LogP contribution >= 0.6 is 0 Å². The molecule has 3 aromatic rings. The summed E-state index contributed by atoms with van der Waals surface area (Å²) < 4.78 is 6.66. The number of rotatable bonds is 8. The van der Waals surface area contributed by atoms with Crippen LogP contribution < -0.4 is 10.1 Å². The van der Waals surface area contributed by atoms with E-state index in [0.717, 1.165) is 13.0 Å². The number of hydrogen-bond acceptors (Lipinski definition) is 5. The number of anilines is 1. The average molecular weight is 430 g/mol. The van der Waals surface area contributed by atoms with Gasteiger partial charge in [-0.25, -0.2) is 4.68 Å². The predicted octanol–water partition coefficient (Wildman–Crippen LogP) is 3.99. The van der Waals surface area contributed by atoms with Gasteiger partial charge < -0.3 is 15.0 Å². The zero-order chi connectivity index (χ0) is 22.7. The Morgan fingerprint density at radius 2 is 1.88 bits per heavy atom. The van der Waals surface area contributed by atoms with Gasteiger partial charge in [-0.3, -0.25) is 4.79 Å². The van der Waals surface area contributed by atoms with E-state index in [1.807, 2.05) is 18.2 Å². The fourth-order valence-corrected chi connectivity index (χ4v) is 3.89. The van der Waals surface area contributed by atoms with Gasteiger partial charge in [0.25, 0.3) is 5.91 Å². The van der Waals surface area contributed by atoms with Gasteiger partial charge in [0.05, 0.1) is 12.8 Å². The van der Waals surface area contributed by atoms with Gasteiger partial charge in [-0.15, -0.1) is 0 Å². The highest BCUT2D eigenvalue weighted by molar-refractivity contribution is 6.03. The summed E-state index contributed by atoms with van der Waals surface area (Å²) in [6.07, 6.45) is 3.57. The maximum Gasteiger partial charge on any atom is 0.274 e.